The molecule has 2 atom stereocenters. The standard InChI is InChI=1S/C34H24BrClN2O5/c1-17-25(15-14-24(35)31(17)36)37-26(39)16-43-34(42)18-10-12-19(13-11-18)38-32(40)29-27-20-6-2-3-7-21(20)28(30(29)33(38)41)23-9-5-4-8-22(23)27/h2-15,27-30H,16H2,1H3,(H,37,39)/t27?,28?,29-,30-/m0/s1. The fraction of sp³-hybridized carbons (Fsp3) is 0.176. The molecule has 1 fully saturated rings. The number of rotatable bonds is 5. The number of hydrogen-bond acceptors (Lipinski definition) is 5. The van der Waals surface area contributed by atoms with Gasteiger partial charge in [-0.2, -0.15) is 0 Å². The van der Waals surface area contributed by atoms with Crippen molar-refractivity contribution < 1.29 is 23.9 Å². The second kappa shape index (κ2) is 10.5. The van der Waals surface area contributed by atoms with Gasteiger partial charge in [-0.25, -0.2) is 9.69 Å². The quantitative estimate of drug-likeness (QED) is 0.193. The van der Waals surface area contributed by atoms with E-state index in [9.17, 15) is 19.2 Å². The molecule has 0 unspecified atom stereocenters. The van der Waals surface area contributed by atoms with E-state index in [0.29, 0.717) is 26.4 Å². The fourth-order valence-corrected chi connectivity index (χ4v) is 7.46. The van der Waals surface area contributed by atoms with E-state index in [1.807, 2.05) is 24.3 Å². The Balaban J connectivity index is 1.08. The lowest BCUT2D eigenvalue weighted by atomic mass is 9.55. The summed E-state index contributed by atoms with van der Waals surface area (Å²) in [6, 6.07) is 25.7. The number of ether oxygens (including phenoxy) is 1. The molecular formula is C34H24BrClN2O5. The third-order valence-corrected chi connectivity index (χ3v) is 10.1. The Labute approximate surface area is 260 Å². The van der Waals surface area contributed by atoms with E-state index in [-0.39, 0.29) is 29.2 Å². The lowest BCUT2D eigenvalue weighted by molar-refractivity contribution is -0.122. The van der Waals surface area contributed by atoms with Crippen LogP contribution in [0.15, 0.2) is 89.4 Å². The third kappa shape index (κ3) is 4.31. The molecule has 43 heavy (non-hydrogen) atoms. The maximum absolute atomic E-state index is 13.9. The summed E-state index contributed by atoms with van der Waals surface area (Å²) in [6.07, 6.45) is 0. The minimum absolute atomic E-state index is 0.191. The number of nitrogens with zero attached hydrogens (tertiary/aromatic N) is 1. The van der Waals surface area contributed by atoms with Gasteiger partial charge in [0.25, 0.3) is 5.91 Å². The highest BCUT2D eigenvalue weighted by molar-refractivity contribution is 9.10. The number of anilines is 2. The Kier molecular flexibility index (Phi) is 6.71. The van der Waals surface area contributed by atoms with Gasteiger partial charge in [0, 0.05) is 22.0 Å². The van der Waals surface area contributed by atoms with E-state index in [0.717, 1.165) is 22.3 Å². The van der Waals surface area contributed by atoms with Gasteiger partial charge in [0.2, 0.25) is 11.8 Å². The molecule has 7 nitrogen and oxygen atoms in total. The van der Waals surface area contributed by atoms with Crippen molar-refractivity contribution in [3.8, 4) is 0 Å². The van der Waals surface area contributed by atoms with Crippen LogP contribution in [-0.4, -0.2) is 30.3 Å². The van der Waals surface area contributed by atoms with E-state index in [2.05, 4.69) is 45.5 Å². The number of amides is 3. The Hall–Kier alpha value is -4.27. The summed E-state index contributed by atoms with van der Waals surface area (Å²) in [6.45, 7) is 1.27. The summed E-state index contributed by atoms with van der Waals surface area (Å²) in [4.78, 5) is 54.2. The monoisotopic (exact) mass is 654 g/mol. The number of benzene rings is 4. The molecule has 0 radical (unpaired) electrons. The van der Waals surface area contributed by atoms with Crippen molar-refractivity contribution in [3.05, 3.63) is 128 Å². The number of hydrogen-bond donors (Lipinski definition) is 1. The van der Waals surface area contributed by atoms with Crippen LogP contribution < -0.4 is 10.2 Å². The molecule has 4 aliphatic rings. The van der Waals surface area contributed by atoms with Crippen LogP contribution in [0.1, 0.15) is 50.0 Å². The van der Waals surface area contributed by atoms with E-state index in [1.165, 1.54) is 17.0 Å². The molecule has 9 heteroatoms. The lowest BCUT2D eigenvalue weighted by Crippen LogP contribution is -2.41. The Morgan fingerprint density at radius 3 is 1.84 bits per heavy atom. The average Bonchev–Trinajstić information content (AvgIpc) is 3.30. The molecule has 1 heterocycles. The molecule has 8 rings (SSSR count). The lowest BCUT2D eigenvalue weighted by Gasteiger charge is -2.45. The molecule has 3 amide bonds. The molecule has 4 aromatic carbocycles. The van der Waals surface area contributed by atoms with Crippen molar-refractivity contribution in [1.29, 1.82) is 0 Å². The van der Waals surface area contributed by atoms with E-state index in [4.69, 9.17) is 16.3 Å². The van der Waals surface area contributed by atoms with Crippen molar-refractivity contribution in [2.24, 2.45) is 11.8 Å². The minimum Gasteiger partial charge on any atom is -0.452 e. The molecule has 1 saturated heterocycles. The van der Waals surface area contributed by atoms with Crippen molar-refractivity contribution in [3.63, 3.8) is 0 Å². The molecule has 214 valence electrons. The molecule has 2 bridgehead atoms. The molecule has 0 aromatic heterocycles. The maximum Gasteiger partial charge on any atom is 0.338 e. The number of carbonyl (C=O) groups is 4. The Bertz CT molecular complexity index is 1740. The van der Waals surface area contributed by atoms with Gasteiger partial charge < -0.3 is 10.1 Å². The summed E-state index contributed by atoms with van der Waals surface area (Å²) in [5.74, 6) is -3.05. The number of nitrogens with one attached hydrogen (secondary N) is 1. The summed E-state index contributed by atoms with van der Waals surface area (Å²) in [5.41, 5.74) is 6.21. The van der Waals surface area contributed by atoms with Crippen LogP contribution in [0.25, 0.3) is 0 Å². The SMILES string of the molecule is Cc1c(NC(=O)COC(=O)c2ccc(N3C(=O)[C@H]4C5c6ccccc6C(c6ccccc65)[C@@H]4C3=O)cc2)ccc(Br)c1Cl. The first-order valence-electron chi connectivity index (χ1n) is 13.8. The number of halogens is 2. The van der Waals surface area contributed by atoms with Crippen LogP contribution in [0.5, 0.6) is 0 Å². The Morgan fingerprint density at radius 2 is 1.33 bits per heavy atom. The van der Waals surface area contributed by atoms with Crippen LogP contribution in [0.4, 0.5) is 11.4 Å². The highest BCUT2D eigenvalue weighted by atomic mass is 79.9. The molecule has 1 aliphatic heterocycles. The van der Waals surface area contributed by atoms with Crippen molar-refractivity contribution in [1.82, 2.24) is 0 Å². The second-order valence-corrected chi connectivity index (χ2v) is 12.2. The average molecular weight is 656 g/mol. The molecule has 3 aliphatic carbocycles. The summed E-state index contributed by atoms with van der Waals surface area (Å²) < 4.78 is 5.91. The third-order valence-electron chi connectivity index (χ3n) is 8.76. The zero-order chi connectivity index (χ0) is 30.0. The van der Waals surface area contributed by atoms with Gasteiger partial charge in [-0.3, -0.25) is 14.4 Å². The van der Waals surface area contributed by atoms with Gasteiger partial charge >= 0.3 is 5.97 Å². The predicted octanol–water partition coefficient (Wildman–Crippen LogP) is 6.60. The zero-order valence-corrected chi connectivity index (χ0v) is 25.2. The first-order valence-corrected chi connectivity index (χ1v) is 15.0. The van der Waals surface area contributed by atoms with Crippen LogP contribution in [0.2, 0.25) is 5.02 Å². The molecule has 4 aromatic rings. The number of carbonyl (C=O) groups excluding carboxylic acids is 4. The van der Waals surface area contributed by atoms with Gasteiger partial charge in [-0.05, 0) is 87.1 Å². The second-order valence-electron chi connectivity index (χ2n) is 11.0. The fourth-order valence-electron chi connectivity index (χ4n) is 6.87. The van der Waals surface area contributed by atoms with Gasteiger partial charge in [0.1, 0.15) is 0 Å². The highest BCUT2D eigenvalue weighted by Crippen LogP contribution is 2.61. The normalized spacial score (nSPS) is 21.2. The summed E-state index contributed by atoms with van der Waals surface area (Å²) >= 11 is 9.55. The van der Waals surface area contributed by atoms with E-state index < -0.39 is 30.3 Å². The van der Waals surface area contributed by atoms with Crippen molar-refractivity contribution in [2.75, 3.05) is 16.8 Å². The summed E-state index contributed by atoms with van der Waals surface area (Å²) in [7, 11) is 0. The number of esters is 1. The van der Waals surface area contributed by atoms with Gasteiger partial charge in [0.15, 0.2) is 6.61 Å². The van der Waals surface area contributed by atoms with Gasteiger partial charge in [-0.1, -0.05) is 60.1 Å². The first kappa shape index (κ1) is 27.6. The molecule has 0 saturated carbocycles. The van der Waals surface area contributed by atoms with Crippen LogP contribution in [-0.2, 0) is 19.1 Å². The largest absolute Gasteiger partial charge is 0.452 e. The highest BCUT2D eigenvalue weighted by Gasteiger charge is 2.61. The van der Waals surface area contributed by atoms with Crippen LogP contribution >= 0.6 is 27.5 Å². The minimum atomic E-state index is -0.705. The van der Waals surface area contributed by atoms with Crippen molar-refractivity contribution >= 4 is 62.6 Å². The smallest absolute Gasteiger partial charge is 0.338 e. The topological polar surface area (TPSA) is 92.8 Å². The van der Waals surface area contributed by atoms with Gasteiger partial charge in [-0.15, -0.1) is 0 Å². The molecular weight excluding hydrogens is 632 g/mol. The molecule has 0 spiro atoms. The Morgan fingerprint density at radius 1 is 0.814 bits per heavy atom. The van der Waals surface area contributed by atoms with Crippen LogP contribution in [0, 0.1) is 18.8 Å². The van der Waals surface area contributed by atoms with Crippen molar-refractivity contribution in [2.45, 2.75) is 18.8 Å². The summed E-state index contributed by atoms with van der Waals surface area (Å²) in [5, 5.41) is 3.17. The van der Waals surface area contributed by atoms with E-state index >= 15 is 0 Å². The number of imide groups is 1. The molecule has 1 N–H and O–H groups in total. The first-order chi connectivity index (χ1) is 20.8. The van der Waals surface area contributed by atoms with Gasteiger partial charge in [0.05, 0.1) is 28.1 Å². The zero-order valence-electron chi connectivity index (χ0n) is 22.8. The van der Waals surface area contributed by atoms with E-state index in [1.54, 1.807) is 31.2 Å². The maximum atomic E-state index is 13.9. The predicted molar refractivity (Wildman–Crippen MR) is 165 cm³/mol. The van der Waals surface area contributed by atoms with Crippen LogP contribution in [0.3, 0.4) is 0 Å².